The number of amides is 1. The predicted molar refractivity (Wildman–Crippen MR) is 94.7 cm³/mol. The van der Waals surface area contributed by atoms with Crippen molar-refractivity contribution < 1.29 is 23.0 Å². The Balaban J connectivity index is 1.91. The zero-order chi connectivity index (χ0) is 19.1. The van der Waals surface area contributed by atoms with E-state index in [1.54, 1.807) is 12.1 Å². The van der Waals surface area contributed by atoms with E-state index in [0.717, 1.165) is 0 Å². The molecule has 9 heteroatoms. The summed E-state index contributed by atoms with van der Waals surface area (Å²) in [4.78, 5) is 23.6. The molecule has 6 nitrogen and oxygen atoms in total. The molecular weight excluding hydrogens is 414 g/mol. The van der Waals surface area contributed by atoms with E-state index in [1.807, 2.05) is 0 Å². The fraction of sp³-hybridized carbons (Fsp3) is 0.294. The fourth-order valence-corrected chi connectivity index (χ4v) is 2.63. The lowest BCUT2D eigenvalue weighted by atomic mass is 10.1. The van der Waals surface area contributed by atoms with Gasteiger partial charge in [0.25, 0.3) is 5.56 Å². The standard InChI is InChI=1S/C17H17BrF2N2O4/c1-25-13-4-2-11(8-14(13)26-17(19)20)6-7-21-15(23)10-22-9-12(18)3-5-16(22)24/h2-5,8-9,17H,6-7,10H2,1H3,(H,21,23). The van der Waals surface area contributed by atoms with Crippen molar-refractivity contribution in [2.75, 3.05) is 13.7 Å². The van der Waals surface area contributed by atoms with Gasteiger partial charge in [-0.25, -0.2) is 0 Å². The van der Waals surface area contributed by atoms with E-state index in [-0.39, 0.29) is 36.1 Å². The van der Waals surface area contributed by atoms with Gasteiger partial charge in [0.2, 0.25) is 5.91 Å². The summed E-state index contributed by atoms with van der Waals surface area (Å²) in [6.07, 6.45) is 1.93. The molecule has 26 heavy (non-hydrogen) atoms. The number of nitrogens with one attached hydrogen (secondary N) is 1. The Hall–Kier alpha value is -2.42. The lowest BCUT2D eigenvalue weighted by Crippen LogP contribution is -2.33. The summed E-state index contributed by atoms with van der Waals surface area (Å²) >= 11 is 3.24. The van der Waals surface area contributed by atoms with Crippen molar-refractivity contribution in [3.8, 4) is 11.5 Å². The molecule has 1 amide bonds. The van der Waals surface area contributed by atoms with Gasteiger partial charge >= 0.3 is 6.61 Å². The monoisotopic (exact) mass is 430 g/mol. The summed E-state index contributed by atoms with van der Waals surface area (Å²) in [6.45, 7) is -2.79. The number of ether oxygens (including phenoxy) is 2. The molecule has 0 saturated carbocycles. The van der Waals surface area contributed by atoms with Gasteiger partial charge in [0.1, 0.15) is 6.54 Å². The highest BCUT2D eigenvalue weighted by Gasteiger charge is 2.11. The molecule has 0 atom stereocenters. The van der Waals surface area contributed by atoms with Crippen molar-refractivity contribution in [1.82, 2.24) is 9.88 Å². The van der Waals surface area contributed by atoms with Crippen LogP contribution in [-0.2, 0) is 17.8 Å². The van der Waals surface area contributed by atoms with Crippen LogP contribution in [0.3, 0.4) is 0 Å². The van der Waals surface area contributed by atoms with Gasteiger partial charge in [0.05, 0.1) is 7.11 Å². The molecule has 0 bridgehead atoms. The minimum atomic E-state index is -2.96. The number of hydrogen-bond acceptors (Lipinski definition) is 4. The summed E-state index contributed by atoms with van der Waals surface area (Å²) in [7, 11) is 1.36. The molecule has 0 spiro atoms. The van der Waals surface area contributed by atoms with Crippen LogP contribution in [0.2, 0.25) is 0 Å². The van der Waals surface area contributed by atoms with Crippen LogP contribution in [0, 0.1) is 0 Å². The van der Waals surface area contributed by atoms with Crippen LogP contribution in [0.25, 0.3) is 0 Å². The molecule has 0 aliphatic carbocycles. The fourth-order valence-electron chi connectivity index (χ4n) is 2.25. The Labute approximate surface area is 156 Å². The van der Waals surface area contributed by atoms with Crippen molar-refractivity contribution in [3.63, 3.8) is 0 Å². The number of halogens is 3. The zero-order valence-corrected chi connectivity index (χ0v) is 15.5. The third-order valence-electron chi connectivity index (χ3n) is 3.44. The Morgan fingerprint density at radius 1 is 1.27 bits per heavy atom. The maximum absolute atomic E-state index is 12.4. The minimum absolute atomic E-state index is 0.0629. The van der Waals surface area contributed by atoms with E-state index in [1.165, 1.54) is 36.1 Å². The third-order valence-corrected chi connectivity index (χ3v) is 3.91. The van der Waals surface area contributed by atoms with E-state index in [2.05, 4.69) is 26.0 Å². The molecule has 0 aliphatic heterocycles. The van der Waals surface area contributed by atoms with Crippen LogP contribution in [0.1, 0.15) is 5.56 Å². The maximum atomic E-state index is 12.4. The quantitative estimate of drug-likeness (QED) is 0.698. The summed E-state index contributed by atoms with van der Waals surface area (Å²) in [5, 5.41) is 2.68. The molecule has 0 unspecified atom stereocenters. The molecule has 0 aliphatic rings. The lowest BCUT2D eigenvalue weighted by molar-refractivity contribution is -0.121. The topological polar surface area (TPSA) is 69.6 Å². The van der Waals surface area contributed by atoms with Crippen LogP contribution in [0.15, 0.2) is 45.8 Å². The molecule has 2 aromatic rings. The van der Waals surface area contributed by atoms with E-state index < -0.39 is 6.61 Å². The molecule has 0 saturated heterocycles. The van der Waals surface area contributed by atoms with Crippen molar-refractivity contribution in [1.29, 1.82) is 0 Å². The number of carbonyl (C=O) groups is 1. The molecule has 2 rings (SSSR count). The summed E-state index contributed by atoms with van der Waals surface area (Å²) in [5.74, 6) is -0.193. The average Bonchev–Trinajstić information content (AvgIpc) is 2.58. The molecule has 0 fully saturated rings. The first kappa shape index (κ1) is 19.9. The average molecular weight is 431 g/mol. The largest absolute Gasteiger partial charge is 0.493 e. The summed E-state index contributed by atoms with van der Waals surface area (Å²) in [6, 6.07) is 7.62. The number of alkyl halides is 2. The number of methoxy groups -OCH3 is 1. The number of rotatable bonds is 8. The van der Waals surface area contributed by atoms with E-state index in [9.17, 15) is 18.4 Å². The molecule has 1 aromatic carbocycles. The minimum Gasteiger partial charge on any atom is -0.493 e. The van der Waals surface area contributed by atoms with Gasteiger partial charge in [0.15, 0.2) is 11.5 Å². The van der Waals surface area contributed by atoms with Gasteiger partial charge in [0, 0.05) is 23.3 Å². The Kier molecular flexibility index (Phi) is 7.14. The van der Waals surface area contributed by atoms with Gasteiger partial charge in [-0.3, -0.25) is 9.59 Å². The zero-order valence-electron chi connectivity index (χ0n) is 13.9. The number of aromatic nitrogens is 1. The van der Waals surface area contributed by atoms with Gasteiger partial charge in [-0.15, -0.1) is 0 Å². The maximum Gasteiger partial charge on any atom is 0.387 e. The first-order valence-corrected chi connectivity index (χ1v) is 8.42. The Morgan fingerprint density at radius 3 is 2.73 bits per heavy atom. The smallest absolute Gasteiger partial charge is 0.387 e. The second kappa shape index (κ2) is 9.33. The predicted octanol–water partition coefficient (Wildman–Crippen LogP) is 2.58. The highest BCUT2D eigenvalue weighted by atomic mass is 79.9. The van der Waals surface area contributed by atoms with Crippen LogP contribution in [-0.4, -0.2) is 30.7 Å². The van der Waals surface area contributed by atoms with Crippen LogP contribution < -0.4 is 20.3 Å². The second-order valence-electron chi connectivity index (χ2n) is 5.28. The molecule has 1 heterocycles. The first-order valence-electron chi connectivity index (χ1n) is 7.63. The highest BCUT2D eigenvalue weighted by Crippen LogP contribution is 2.29. The molecule has 0 radical (unpaired) electrons. The molecular formula is C17H17BrF2N2O4. The first-order chi connectivity index (χ1) is 12.4. The molecule has 1 aromatic heterocycles. The van der Waals surface area contributed by atoms with Gasteiger partial charge < -0.3 is 19.4 Å². The number of carbonyl (C=O) groups excluding carboxylic acids is 1. The number of nitrogens with zero attached hydrogens (tertiary/aromatic N) is 1. The Morgan fingerprint density at radius 2 is 2.04 bits per heavy atom. The third kappa shape index (κ3) is 5.83. The van der Waals surface area contributed by atoms with Crippen molar-refractivity contribution in [2.45, 2.75) is 19.6 Å². The SMILES string of the molecule is COc1ccc(CCNC(=O)Cn2cc(Br)ccc2=O)cc1OC(F)F. The summed E-state index contributed by atoms with van der Waals surface area (Å²) in [5.41, 5.74) is 0.411. The lowest BCUT2D eigenvalue weighted by Gasteiger charge is -2.12. The molecule has 140 valence electrons. The van der Waals surface area contributed by atoms with Gasteiger partial charge in [-0.05, 0) is 46.1 Å². The highest BCUT2D eigenvalue weighted by molar-refractivity contribution is 9.10. The van der Waals surface area contributed by atoms with Gasteiger partial charge in [-0.2, -0.15) is 8.78 Å². The van der Waals surface area contributed by atoms with Crippen LogP contribution >= 0.6 is 15.9 Å². The van der Waals surface area contributed by atoms with E-state index in [4.69, 9.17) is 4.74 Å². The number of benzene rings is 1. The second-order valence-corrected chi connectivity index (χ2v) is 6.19. The van der Waals surface area contributed by atoms with Crippen LogP contribution in [0.4, 0.5) is 8.78 Å². The van der Waals surface area contributed by atoms with Crippen LogP contribution in [0.5, 0.6) is 11.5 Å². The normalized spacial score (nSPS) is 10.7. The van der Waals surface area contributed by atoms with E-state index in [0.29, 0.717) is 16.5 Å². The molecule has 1 N–H and O–H groups in total. The van der Waals surface area contributed by atoms with Crippen molar-refractivity contribution in [2.24, 2.45) is 0 Å². The summed E-state index contributed by atoms with van der Waals surface area (Å²) < 4.78 is 36.2. The number of hydrogen-bond donors (Lipinski definition) is 1. The Bertz CT molecular complexity index is 827. The number of pyridine rings is 1. The van der Waals surface area contributed by atoms with Crippen molar-refractivity contribution >= 4 is 21.8 Å². The van der Waals surface area contributed by atoms with Gasteiger partial charge in [-0.1, -0.05) is 6.07 Å². The van der Waals surface area contributed by atoms with E-state index >= 15 is 0 Å². The van der Waals surface area contributed by atoms with Crippen molar-refractivity contribution in [3.05, 3.63) is 56.9 Å².